The molecular weight excluding hydrogens is 410 g/mol. The number of aryl methyl sites for hydroxylation is 1. The van der Waals surface area contributed by atoms with E-state index in [4.69, 9.17) is 4.98 Å². The normalized spacial score (nSPS) is 16.7. The predicted molar refractivity (Wildman–Crippen MR) is 134 cm³/mol. The molecule has 6 nitrogen and oxygen atoms in total. The molecule has 1 saturated heterocycles. The molecule has 1 aromatic carbocycles. The second kappa shape index (κ2) is 10.5. The summed E-state index contributed by atoms with van der Waals surface area (Å²) in [6, 6.07) is 15.0. The van der Waals surface area contributed by atoms with E-state index in [1.165, 1.54) is 18.5 Å². The lowest BCUT2D eigenvalue weighted by atomic mass is 10.1. The monoisotopic (exact) mass is 447 g/mol. The Balaban J connectivity index is 1.47. The summed E-state index contributed by atoms with van der Waals surface area (Å²) in [6.07, 6.45) is 4.08. The Morgan fingerprint density at radius 3 is 2.73 bits per heavy atom. The van der Waals surface area contributed by atoms with Crippen LogP contribution in [0, 0.1) is 12.8 Å². The van der Waals surface area contributed by atoms with Gasteiger partial charge in [0.1, 0.15) is 5.65 Å². The smallest absolute Gasteiger partial charge is 0.274 e. The molecule has 3 aromatic rings. The number of carbonyl (C=O) groups excluding carboxylic acids is 1. The van der Waals surface area contributed by atoms with Crippen molar-refractivity contribution in [3.8, 4) is 0 Å². The molecule has 4 rings (SSSR count). The minimum atomic E-state index is -0.0160. The van der Waals surface area contributed by atoms with E-state index in [9.17, 15) is 4.79 Å². The van der Waals surface area contributed by atoms with Gasteiger partial charge in [-0.25, -0.2) is 4.98 Å². The first kappa shape index (κ1) is 23.5. The molecule has 1 atom stereocenters. The Labute approximate surface area is 197 Å². The van der Waals surface area contributed by atoms with E-state index in [0.29, 0.717) is 30.7 Å². The molecule has 1 N–H and O–H groups in total. The van der Waals surface area contributed by atoms with Crippen molar-refractivity contribution >= 4 is 11.6 Å². The van der Waals surface area contributed by atoms with E-state index in [1.807, 2.05) is 50.5 Å². The summed E-state index contributed by atoms with van der Waals surface area (Å²) in [4.78, 5) is 22.6. The van der Waals surface area contributed by atoms with Crippen molar-refractivity contribution in [1.29, 1.82) is 0 Å². The zero-order chi connectivity index (χ0) is 23.4. The maximum atomic E-state index is 13.4. The lowest BCUT2D eigenvalue weighted by Crippen LogP contribution is -2.32. The van der Waals surface area contributed by atoms with Crippen molar-refractivity contribution in [3.05, 3.63) is 71.2 Å². The average Bonchev–Trinajstić information content (AvgIpc) is 3.44. The molecule has 0 aliphatic carbocycles. The summed E-state index contributed by atoms with van der Waals surface area (Å²) in [5, 5.41) is 3.63. The minimum absolute atomic E-state index is 0.0160. The molecule has 176 valence electrons. The molecule has 3 heterocycles. The molecular formula is C27H37N5O. The van der Waals surface area contributed by atoms with Gasteiger partial charge in [-0.1, -0.05) is 36.4 Å². The maximum absolute atomic E-state index is 13.4. The van der Waals surface area contributed by atoms with E-state index in [-0.39, 0.29) is 5.91 Å². The van der Waals surface area contributed by atoms with Crippen molar-refractivity contribution in [2.24, 2.45) is 5.92 Å². The van der Waals surface area contributed by atoms with Crippen molar-refractivity contribution in [2.45, 2.75) is 46.2 Å². The highest BCUT2D eigenvalue weighted by molar-refractivity contribution is 5.94. The highest BCUT2D eigenvalue weighted by Gasteiger charge is 2.25. The molecule has 1 fully saturated rings. The zero-order valence-electron chi connectivity index (χ0n) is 20.4. The number of hydrogen-bond acceptors (Lipinski definition) is 4. The van der Waals surface area contributed by atoms with E-state index < -0.39 is 0 Å². The summed E-state index contributed by atoms with van der Waals surface area (Å²) >= 11 is 0. The molecule has 0 radical (unpaired) electrons. The fourth-order valence-electron chi connectivity index (χ4n) is 4.71. The Kier molecular flexibility index (Phi) is 7.46. The molecule has 6 heteroatoms. The molecule has 0 unspecified atom stereocenters. The standard InChI is InChI=1S/C27H37N5O/c1-20(2)31-16-13-23(19-31)17-28-18-24-25(29-26-21(3)9-8-14-32(24)26)27(33)30(4)15-12-22-10-6-5-7-11-22/h5-11,14,20,23,28H,12-13,15-19H2,1-4H3/t23-/m1/s1. The molecule has 1 amide bonds. The number of pyridine rings is 1. The summed E-state index contributed by atoms with van der Waals surface area (Å²) in [5.74, 6) is 0.638. The average molecular weight is 448 g/mol. The maximum Gasteiger partial charge on any atom is 0.274 e. The van der Waals surface area contributed by atoms with E-state index in [0.717, 1.165) is 36.4 Å². The Morgan fingerprint density at radius 1 is 1.21 bits per heavy atom. The number of amides is 1. The molecule has 0 spiro atoms. The fourth-order valence-corrected chi connectivity index (χ4v) is 4.71. The predicted octanol–water partition coefficient (Wildman–Crippen LogP) is 3.78. The summed E-state index contributed by atoms with van der Waals surface area (Å²) in [5.41, 5.74) is 4.68. The van der Waals surface area contributed by atoms with Crippen LogP contribution in [0.25, 0.3) is 5.65 Å². The zero-order valence-corrected chi connectivity index (χ0v) is 20.4. The first-order chi connectivity index (χ1) is 15.9. The summed E-state index contributed by atoms with van der Waals surface area (Å²) in [6.45, 7) is 11.2. The topological polar surface area (TPSA) is 52.9 Å². The molecule has 1 aliphatic heterocycles. The van der Waals surface area contributed by atoms with Crippen LogP contribution in [-0.4, -0.2) is 64.4 Å². The number of likely N-dealkylation sites (tertiary alicyclic amines) is 1. The SMILES string of the molecule is Cc1cccn2c(CNC[C@H]3CCN(C(C)C)C3)c(C(=O)N(C)CCc3ccccc3)nc12. The van der Waals surface area contributed by atoms with Gasteiger partial charge in [0.25, 0.3) is 5.91 Å². The third-order valence-corrected chi connectivity index (χ3v) is 6.85. The fraction of sp³-hybridized carbons (Fsp3) is 0.481. The van der Waals surface area contributed by atoms with Crippen LogP contribution in [-0.2, 0) is 13.0 Å². The van der Waals surface area contributed by atoms with Crippen LogP contribution < -0.4 is 5.32 Å². The van der Waals surface area contributed by atoms with Crippen LogP contribution in [0.5, 0.6) is 0 Å². The van der Waals surface area contributed by atoms with Crippen LogP contribution in [0.1, 0.15) is 47.6 Å². The van der Waals surface area contributed by atoms with Crippen LogP contribution in [0.2, 0.25) is 0 Å². The van der Waals surface area contributed by atoms with Gasteiger partial charge in [-0.2, -0.15) is 0 Å². The molecule has 0 bridgehead atoms. The van der Waals surface area contributed by atoms with Gasteiger partial charge in [0, 0.05) is 38.9 Å². The number of aromatic nitrogens is 2. The Bertz CT molecular complexity index is 1070. The Hall–Kier alpha value is -2.70. The summed E-state index contributed by atoms with van der Waals surface area (Å²) < 4.78 is 2.08. The number of rotatable bonds is 9. The van der Waals surface area contributed by atoms with Crippen molar-refractivity contribution < 1.29 is 4.79 Å². The highest BCUT2D eigenvalue weighted by atomic mass is 16.2. The highest BCUT2D eigenvalue weighted by Crippen LogP contribution is 2.20. The van der Waals surface area contributed by atoms with Gasteiger partial charge < -0.3 is 19.5 Å². The van der Waals surface area contributed by atoms with Gasteiger partial charge in [0.05, 0.1) is 5.69 Å². The lowest BCUT2D eigenvalue weighted by molar-refractivity contribution is 0.0790. The van der Waals surface area contributed by atoms with E-state index in [2.05, 4.69) is 40.6 Å². The summed E-state index contributed by atoms with van der Waals surface area (Å²) in [7, 11) is 1.87. The number of carbonyl (C=O) groups is 1. The third kappa shape index (κ3) is 5.45. The van der Waals surface area contributed by atoms with E-state index >= 15 is 0 Å². The number of benzene rings is 1. The largest absolute Gasteiger partial charge is 0.340 e. The van der Waals surface area contributed by atoms with Gasteiger partial charge in [-0.15, -0.1) is 0 Å². The van der Waals surface area contributed by atoms with E-state index in [1.54, 1.807) is 4.90 Å². The second-order valence-corrected chi connectivity index (χ2v) is 9.63. The number of nitrogens with one attached hydrogen (secondary N) is 1. The third-order valence-electron chi connectivity index (χ3n) is 6.85. The number of imidazole rings is 1. The first-order valence-corrected chi connectivity index (χ1v) is 12.1. The number of likely N-dealkylation sites (N-methyl/N-ethyl adjacent to an activating group) is 1. The van der Waals surface area contributed by atoms with Crippen molar-refractivity contribution in [3.63, 3.8) is 0 Å². The molecule has 2 aromatic heterocycles. The number of hydrogen-bond donors (Lipinski definition) is 1. The van der Waals surface area contributed by atoms with Crippen LogP contribution in [0.15, 0.2) is 48.7 Å². The quantitative estimate of drug-likeness (QED) is 0.542. The Morgan fingerprint density at radius 2 is 2.00 bits per heavy atom. The molecule has 1 aliphatic rings. The van der Waals surface area contributed by atoms with Gasteiger partial charge in [0.15, 0.2) is 5.69 Å². The van der Waals surface area contributed by atoms with Crippen LogP contribution >= 0.6 is 0 Å². The van der Waals surface area contributed by atoms with Gasteiger partial charge in [0.2, 0.25) is 0 Å². The van der Waals surface area contributed by atoms with Gasteiger partial charge >= 0.3 is 0 Å². The van der Waals surface area contributed by atoms with Crippen molar-refractivity contribution in [1.82, 2.24) is 24.5 Å². The van der Waals surface area contributed by atoms with Crippen LogP contribution in [0.4, 0.5) is 0 Å². The second-order valence-electron chi connectivity index (χ2n) is 9.63. The number of fused-ring (bicyclic) bond motifs is 1. The number of nitrogens with zero attached hydrogens (tertiary/aromatic N) is 4. The van der Waals surface area contributed by atoms with Crippen LogP contribution in [0.3, 0.4) is 0 Å². The lowest BCUT2D eigenvalue weighted by Gasteiger charge is -2.20. The van der Waals surface area contributed by atoms with Gasteiger partial charge in [-0.05, 0) is 69.8 Å². The molecule has 33 heavy (non-hydrogen) atoms. The minimum Gasteiger partial charge on any atom is -0.340 e. The van der Waals surface area contributed by atoms with Gasteiger partial charge in [-0.3, -0.25) is 4.79 Å². The van der Waals surface area contributed by atoms with Crippen molar-refractivity contribution in [2.75, 3.05) is 33.2 Å². The molecule has 0 saturated carbocycles. The first-order valence-electron chi connectivity index (χ1n) is 12.1.